The fourth-order valence-electron chi connectivity index (χ4n) is 5.11. The summed E-state index contributed by atoms with van der Waals surface area (Å²) < 4.78 is 10.9. The Morgan fingerprint density at radius 1 is 1.35 bits per heavy atom. The van der Waals surface area contributed by atoms with Crippen molar-refractivity contribution >= 4 is 5.97 Å². The van der Waals surface area contributed by atoms with Gasteiger partial charge in [0.25, 0.3) is 0 Å². The number of methoxy groups -OCH3 is 1. The van der Waals surface area contributed by atoms with Crippen molar-refractivity contribution in [2.24, 2.45) is 17.3 Å². The summed E-state index contributed by atoms with van der Waals surface area (Å²) in [6.07, 6.45) is 4.04. The molecule has 0 saturated heterocycles. The number of benzene rings is 1. The summed E-state index contributed by atoms with van der Waals surface area (Å²) in [6.45, 7) is 6.87. The van der Waals surface area contributed by atoms with Crippen LogP contribution in [0.2, 0.25) is 0 Å². The highest BCUT2D eigenvalue weighted by Crippen LogP contribution is 2.61. The first-order valence-electron chi connectivity index (χ1n) is 8.88. The van der Waals surface area contributed by atoms with Gasteiger partial charge in [-0.2, -0.15) is 0 Å². The first kappa shape index (κ1) is 16.4. The summed E-state index contributed by atoms with van der Waals surface area (Å²) >= 11 is 0. The van der Waals surface area contributed by atoms with Gasteiger partial charge in [-0.1, -0.05) is 19.9 Å². The SMILES string of the molecule is CCOC(=O)[C@]12CCc3cc(OC)ccc3[C@@H]1CC[C@@H]2C(C)C. The molecule has 1 fully saturated rings. The maximum atomic E-state index is 13.0. The number of hydrogen-bond donors (Lipinski definition) is 0. The maximum absolute atomic E-state index is 13.0. The Labute approximate surface area is 139 Å². The van der Waals surface area contributed by atoms with Crippen LogP contribution < -0.4 is 4.74 Å². The largest absolute Gasteiger partial charge is 0.497 e. The van der Waals surface area contributed by atoms with Gasteiger partial charge in [0.2, 0.25) is 0 Å². The molecule has 3 atom stereocenters. The fourth-order valence-corrected chi connectivity index (χ4v) is 5.11. The first-order chi connectivity index (χ1) is 11.0. The van der Waals surface area contributed by atoms with Crippen molar-refractivity contribution in [3.8, 4) is 5.75 Å². The molecule has 3 rings (SSSR count). The van der Waals surface area contributed by atoms with Gasteiger partial charge in [-0.15, -0.1) is 0 Å². The van der Waals surface area contributed by atoms with Crippen LogP contribution in [0.4, 0.5) is 0 Å². The molecule has 0 spiro atoms. The molecule has 3 nitrogen and oxygen atoms in total. The average molecular weight is 316 g/mol. The Morgan fingerprint density at radius 2 is 2.13 bits per heavy atom. The van der Waals surface area contributed by atoms with Crippen LogP contribution in [-0.4, -0.2) is 19.7 Å². The van der Waals surface area contributed by atoms with E-state index in [0.29, 0.717) is 24.4 Å². The van der Waals surface area contributed by atoms with Crippen molar-refractivity contribution in [2.75, 3.05) is 13.7 Å². The minimum Gasteiger partial charge on any atom is -0.497 e. The van der Waals surface area contributed by atoms with Gasteiger partial charge in [0.05, 0.1) is 19.1 Å². The molecule has 1 aromatic carbocycles. The molecule has 0 aliphatic heterocycles. The lowest BCUT2D eigenvalue weighted by molar-refractivity contribution is -0.161. The molecule has 0 radical (unpaired) electrons. The van der Waals surface area contributed by atoms with Gasteiger partial charge in [-0.25, -0.2) is 0 Å². The number of carbonyl (C=O) groups excluding carboxylic acids is 1. The monoisotopic (exact) mass is 316 g/mol. The minimum atomic E-state index is -0.328. The number of carbonyl (C=O) groups is 1. The van der Waals surface area contributed by atoms with Gasteiger partial charge < -0.3 is 9.47 Å². The zero-order valence-corrected chi connectivity index (χ0v) is 14.7. The first-order valence-corrected chi connectivity index (χ1v) is 8.88. The summed E-state index contributed by atoms with van der Waals surface area (Å²) in [7, 11) is 1.71. The van der Waals surface area contributed by atoms with E-state index in [4.69, 9.17) is 9.47 Å². The third kappa shape index (κ3) is 2.45. The summed E-state index contributed by atoms with van der Waals surface area (Å²) in [4.78, 5) is 13.0. The zero-order chi connectivity index (χ0) is 16.6. The van der Waals surface area contributed by atoms with Crippen molar-refractivity contribution in [1.82, 2.24) is 0 Å². The van der Waals surface area contributed by atoms with Crippen molar-refractivity contribution in [3.05, 3.63) is 29.3 Å². The Bertz CT molecular complexity index is 593. The molecule has 126 valence electrons. The van der Waals surface area contributed by atoms with E-state index >= 15 is 0 Å². The standard InChI is InChI=1S/C20H28O3/c1-5-23-19(21)20-11-10-14-12-15(22-4)6-7-16(14)18(20)9-8-17(20)13(2)3/h6-7,12-13,17-18H,5,8-11H2,1-4H3/t17-,18+,20+/m1/s1. The molecule has 23 heavy (non-hydrogen) atoms. The minimum absolute atomic E-state index is 0.0302. The van der Waals surface area contributed by atoms with Crippen molar-refractivity contribution in [2.45, 2.75) is 52.4 Å². The van der Waals surface area contributed by atoms with Crippen LogP contribution >= 0.6 is 0 Å². The Balaban J connectivity index is 2.06. The third-order valence-electron chi connectivity index (χ3n) is 6.04. The van der Waals surface area contributed by atoms with Gasteiger partial charge in [0, 0.05) is 5.92 Å². The normalized spacial score (nSPS) is 29.1. The van der Waals surface area contributed by atoms with Gasteiger partial charge in [0.15, 0.2) is 0 Å². The van der Waals surface area contributed by atoms with E-state index in [2.05, 4.69) is 26.0 Å². The van der Waals surface area contributed by atoms with E-state index in [1.807, 2.05) is 13.0 Å². The molecule has 1 saturated carbocycles. The van der Waals surface area contributed by atoms with Gasteiger partial charge in [-0.05, 0) is 67.7 Å². The highest BCUT2D eigenvalue weighted by atomic mass is 16.5. The predicted octanol–water partition coefficient (Wildman–Crippen LogP) is 4.34. The Morgan fingerprint density at radius 3 is 2.78 bits per heavy atom. The van der Waals surface area contributed by atoms with Gasteiger partial charge in [0.1, 0.15) is 5.75 Å². The molecule has 1 aromatic rings. The number of aryl methyl sites for hydroxylation is 1. The molecular weight excluding hydrogens is 288 g/mol. The summed E-state index contributed by atoms with van der Waals surface area (Å²) in [5.41, 5.74) is 2.36. The van der Waals surface area contributed by atoms with Crippen LogP contribution in [0.5, 0.6) is 5.75 Å². The van der Waals surface area contributed by atoms with Crippen molar-refractivity contribution in [1.29, 1.82) is 0 Å². The number of esters is 1. The molecule has 0 aromatic heterocycles. The highest BCUT2D eigenvalue weighted by molar-refractivity contribution is 5.80. The van der Waals surface area contributed by atoms with Crippen LogP contribution in [0, 0.1) is 17.3 Å². The van der Waals surface area contributed by atoms with E-state index in [-0.39, 0.29) is 11.4 Å². The third-order valence-corrected chi connectivity index (χ3v) is 6.04. The van der Waals surface area contributed by atoms with Crippen LogP contribution in [0.1, 0.15) is 57.1 Å². The van der Waals surface area contributed by atoms with Crippen molar-refractivity contribution < 1.29 is 14.3 Å². The molecule has 2 aliphatic carbocycles. The molecule has 0 unspecified atom stereocenters. The van der Waals surface area contributed by atoms with Crippen LogP contribution in [0.3, 0.4) is 0 Å². The second-order valence-electron chi connectivity index (χ2n) is 7.31. The molecule has 0 amide bonds. The lowest BCUT2D eigenvalue weighted by Gasteiger charge is -2.43. The number of hydrogen-bond acceptors (Lipinski definition) is 3. The molecule has 3 heteroatoms. The van der Waals surface area contributed by atoms with Crippen molar-refractivity contribution in [3.63, 3.8) is 0 Å². The summed E-state index contributed by atoms with van der Waals surface area (Å²) in [5.74, 6) is 2.16. The number of ether oxygens (including phenoxy) is 2. The smallest absolute Gasteiger partial charge is 0.312 e. The molecular formula is C20H28O3. The van der Waals surface area contributed by atoms with E-state index in [0.717, 1.165) is 31.4 Å². The van der Waals surface area contributed by atoms with E-state index in [1.54, 1.807) is 7.11 Å². The molecule has 0 N–H and O–H groups in total. The van der Waals surface area contributed by atoms with Crippen LogP contribution in [-0.2, 0) is 16.0 Å². The van der Waals surface area contributed by atoms with Gasteiger partial charge >= 0.3 is 5.97 Å². The lowest BCUT2D eigenvalue weighted by atomic mass is 9.60. The second-order valence-corrected chi connectivity index (χ2v) is 7.31. The molecule has 0 heterocycles. The second kappa shape index (κ2) is 6.18. The average Bonchev–Trinajstić information content (AvgIpc) is 2.95. The highest BCUT2D eigenvalue weighted by Gasteiger charge is 2.59. The van der Waals surface area contributed by atoms with Gasteiger partial charge in [-0.3, -0.25) is 4.79 Å². The van der Waals surface area contributed by atoms with E-state index < -0.39 is 0 Å². The quantitative estimate of drug-likeness (QED) is 0.775. The topological polar surface area (TPSA) is 35.5 Å². The number of rotatable bonds is 4. The van der Waals surface area contributed by atoms with E-state index in [9.17, 15) is 4.79 Å². The molecule has 2 aliphatic rings. The number of fused-ring (bicyclic) bond motifs is 3. The molecule has 0 bridgehead atoms. The summed E-state index contributed by atoms with van der Waals surface area (Å²) in [6, 6.07) is 6.35. The Hall–Kier alpha value is -1.51. The van der Waals surface area contributed by atoms with E-state index in [1.165, 1.54) is 11.1 Å². The Kier molecular flexibility index (Phi) is 4.39. The zero-order valence-electron chi connectivity index (χ0n) is 14.7. The van der Waals surface area contributed by atoms with Crippen LogP contribution in [0.15, 0.2) is 18.2 Å². The fraction of sp³-hybridized carbons (Fsp3) is 0.650. The summed E-state index contributed by atoms with van der Waals surface area (Å²) in [5, 5.41) is 0. The maximum Gasteiger partial charge on any atom is 0.312 e. The van der Waals surface area contributed by atoms with Crippen LogP contribution in [0.25, 0.3) is 0 Å². The predicted molar refractivity (Wildman–Crippen MR) is 90.7 cm³/mol. The lowest BCUT2D eigenvalue weighted by Crippen LogP contribution is -2.45.